The molecule has 1 atom stereocenters. The predicted molar refractivity (Wildman–Crippen MR) is 68.8 cm³/mol. The van der Waals surface area contributed by atoms with E-state index in [4.69, 9.17) is 5.73 Å². The summed E-state index contributed by atoms with van der Waals surface area (Å²) in [5.74, 6) is 0.556. The SMILES string of the molecule is CCn1nc(C)cc1CC(=O)C(N)CC(C)C. The van der Waals surface area contributed by atoms with Crippen molar-refractivity contribution in [2.45, 2.75) is 53.1 Å². The van der Waals surface area contributed by atoms with Crippen LogP contribution in [0.3, 0.4) is 0 Å². The maximum absolute atomic E-state index is 12.0. The van der Waals surface area contributed by atoms with Gasteiger partial charge in [0.15, 0.2) is 5.78 Å². The van der Waals surface area contributed by atoms with Gasteiger partial charge in [0.1, 0.15) is 0 Å². The number of nitrogens with two attached hydrogens (primary N) is 1. The minimum absolute atomic E-state index is 0.105. The lowest BCUT2D eigenvalue weighted by Crippen LogP contribution is -2.33. The molecule has 4 heteroatoms. The minimum Gasteiger partial charge on any atom is -0.321 e. The van der Waals surface area contributed by atoms with Crippen LogP contribution >= 0.6 is 0 Å². The average Bonchev–Trinajstić information content (AvgIpc) is 2.57. The van der Waals surface area contributed by atoms with Gasteiger partial charge in [-0.1, -0.05) is 13.8 Å². The van der Waals surface area contributed by atoms with Crippen molar-refractivity contribution in [3.05, 3.63) is 17.5 Å². The Hall–Kier alpha value is -1.16. The molecule has 0 saturated heterocycles. The maximum Gasteiger partial charge on any atom is 0.155 e. The van der Waals surface area contributed by atoms with Gasteiger partial charge in [-0.2, -0.15) is 5.10 Å². The number of aromatic nitrogens is 2. The summed E-state index contributed by atoms with van der Waals surface area (Å²) in [4.78, 5) is 12.0. The van der Waals surface area contributed by atoms with E-state index in [0.29, 0.717) is 12.3 Å². The van der Waals surface area contributed by atoms with Crippen LogP contribution in [0.4, 0.5) is 0 Å². The fourth-order valence-corrected chi connectivity index (χ4v) is 1.96. The van der Waals surface area contributed by atoms with Crippen molar-refractivity contribution in [1.29, 1.82) is 0 Å². The highest BCUT2D eigenvalue weighted by Crippen LogP contribution is 2.09. The monoisotopic (exact) mass is 237 g/mol. The standard InChI is InChI=1S/C13H23N3O/c1-5-16-11(7-10(4)15-16)8-13(17)12(14)6-9(2)3/h7,9,12H,5-6,8,14H2,1-4H3. The molecule has 96 valence electrons. The van der Waals surface area contributed by atoms with E-state index in [0.717, 1.165) is 24.4 Å². The van der Waals surface area contributed by atoms with Crippen LogP contribution in [0.25, 0.3) is 0 Å². The van der Waals surface area contributed by atoms with Gasteiger partial charge >= 0.3 is 0 Å². The van der Waals surface area contributed by atoms with Gasteiger partial charge in [-0.3, -0.25) is 9.48 Å². The summed E-state index contributed by atoms with van der Waals surface area (Å²) in [6.07, 6.45) is 1.14. The van der Waals surface area contributed by atoms with E-state index in [1.54, 1.807) is 0 Å². The van der Waals surface area contributed by atoms with Crippen LogP contribution in [0.1, 0.15) is 38.6 Å². The van der Waals surface area contributed by atoms with Crippen LogP contribution in [0.5, 0.6) is 0 Å². The number of nitrogens with zero attached hydrogens (tertiary/aromatic N) is 2. The van der Waals surface area contributed by atoms with Gasteiger partial charge in [0.2, 0.25) is 0 Å². The number of ketones is 1. The molecule has 1 rings (SSSR count). The molecular weight excluding hydrogens is 214 g/mol. The van der Waals surface area contributed by atoms with Gasteiger partial charge in [0, 0.05) is 12.2 Å². The first-order chi connectivity index (χ1) is 7.93. The lowest BCUT2D eigenvalue weighted by molar-refractivity contribution is -0.120. The van der Waals surface area contributed by atoms with Gasteiger partial charge in [-0.25, -0.2) is 0 Å². The first kappa shape index (κ1) is 13.9. The second-order valence-corrected chi connectivity index (χ2v) is 4.97. The van der Waals surface area contributed by atoms with Crippen molar-refractivity contribution in [2.24, 2.45) is 11.7 Å². The largest absolute Gasteiger partial charge is 0.321 e. The highest BCUT2D eigenvalue weighted by atomic mass is 16.1. The van der Waals surface area contributed by atoms with Crippen LogP contribution < -0.4 is 5.73 Å². The van der Waals surface area contributed by atoms with Crippen LogP contribution in [0.15, 0.2) is 6.07 Å². The highest BCUT2D eigenvalue weighted by Gasteiger charge is 2.17. The van der Waals surface area contributed by atoms with Crippen LogP contribution in [-0.4, -0.2) is 21.6 Å². The Bertz CT molecular complexity index is 382. The molecule has 0 amide bonds. The van der Waals surface area contributed by atoms with Gasteiger partial charge < -0.3 is 5.73 Å². The van der Waals surface area contributed by atoms with Gasteiger partial charge in [0.05, 0.1) is 18.2 Å². The van der Waals surface area contributed by atoms with E-state index in [9.17, 15) is 4.79 Å². The molecule has 17 heavy (non-hydrogen) atoms. The predicted octanol–water partition coefficient (Wildman–Crippen LogP) is 1.70. The van der Waals surface area contributed by atoms with E-state index < -0.39 is 0 Å². The van der Waals surface area contributed by atoms with Crippen molar-refractivity contribution in [3.8, 4) is 0 Å². The summed E-state index contributed by atoms with van der Waals surface area (Å²) in [6.45, 7) is 8.90. The molecule has 0 aromatic carbocycles. The maximum atomic E-state index is 12.0. The second-order valence-electron chi connectivity index (χ2n) is 4.97. The van der Waals surface area contributed by atoms with E-state index in [-0.39, 0.29) is 11.8 Å². The van der Waals surface area contributed by atoms with E-state index in [2.05, 4.69) is 18.9 Å². The van der Waals surface area contributed by atoms with E-state index in [1.807, 2.05) is 24.6 Å². The Balaban J connectivity index is 2.67. The van der Waals surface area contributed by atoms with Crippen molar-refractivity contribution in [1.82, 2.24) is 9.78 Å². The van der Waals surface area contributed by atoms with Crippen LogP contribution in [0.2, 0.25) is 0 Å². The number of hydrogen-bond donors (Lipinski definition) is 1. The summed E-state index contributed by atoms with van der Waals surface area (Å²) in [7, 11) is 0. The molecule has 0 aliphatic rings. The first-order valence-corrected chi connectivity index (χ1v) is 6.25. The fourth-order valence-electron chi connectivity index (χ4n) is 1.96. The number of aryl methyl sites for hydroxylation is 2. The zero-order chi connectivity index (χ0) is 13.0. The molecule has 4 nitrogen and oxygen atoms in total. The van der Waals surface area contributed by atoms with E-state index >= 15 is 0 Å². The molecule has 0 fully saturated rings. The molecular formula is C13H23N3O. The van der Waals surface area contributed by atoms with Crippen molar-refractivity contribution < 1.29 is 4.79 Å². The average molecular weight is 237 g/mol. The Morgan fingerprint density at radius 1 is 1.53 bits per heavy atom. The molecule has 2 N–H and O–H groups in total. The number of carbonyl (C=O) groups excluding carboxylic acids is 1. The molecule has 0 aliphatic carbocycles. The quantitative estimate of drug-likeness (QED) is 0.819. The van der Waals surface area contributed by atoms with Crippen LogP contribution in [-0.2, 0) is 17.8 Å². The smallest absolute Gasteiger partial charge is 0.155 e. The molecule has 0 aliphatic heterocycles. The highest BCUT2D eigenvalue weighted by molar-refractivity contribution is 5.85. The minimum atomic E-state index is -0.351. The normalized spacial score (nSPS) is 13.1. The van der Waals surface area contributed by atoms with Gasteiger partial charge in [-0.05, 0) is 32.3 Å². The Morgan fingerprint density at radius 2 is 2.18 bits per heavy atom. The third kappa shape index (κ3) is 3.97. The summed E-state index contributed by atoms with van der Waals surface area (Å²) >= 11 is 0. The zero-order valence-corrected chi connectivity index (χ0v) is 11.2. The molecule has 0 spiro atoms. The fraction of sp³-hybridized carbons (Fsp3) is 0.692. The Morgan fingerprint density at radius 3 is 2.71 bits per heavy atom. The first-order valence-electron chi connectivity index (χ1n) is 6.25. The van der Waals surface area contributed by atoms with E-state index in [1.165, 1.54) is 0 Å². The summed E-state index contributed by atoms with van der Waals surface area (Å²) < 4.78 is 1.87. The Kier molecular flexibility index (Phi) is 4.87. The summed E-state index contributed by atoms with van der Waals surface area (Å²) in [5.41, 5.74) is 7.80. The van der Waals surface area contributed by atoms with Crippen molar-refractivity contribution in [2.75, 3.05) is 0 Å². The molecule has 1 aromatic rings. The second kappa shape index (κ2) is 5.96. The van der Waals surface area contributed by atoms with Crippen molar-refractivity contribution >= 4 is 5.78 Å². The lowest BCUT2D eigenvalue weighted by Gasteiger charge is -2.13. The third-order valence-corrected chi connectivity index (χ3v) is 2.78. The summed E-state index contributed by atoms with van der Waals surface area (Å²) in [5, 5.41) is 4.33. The number of hydrogen-bond acceptors (Lipinski definition) is 3. The number of rotatable bonds is 6. The lowest BCUT2D eigenvalue weighted by atomic mass is 9.98. The topological polar surface area (TPSA) is 60.9 Å². The molecule has 1 heterocycles. The zero-order valence-electron chi connectivity index (χ0n) is 11.2. The van der Waals surface area contributed by atoms with Crippen LogP contribution in [0, 0.1) is 12.8 Å². The molecule has 1 unspecified atom stereocenters. The summed E-state index contributed by atoms with van der Waals surface area (Å²) in [6, 6.07) is 1.61. The van der Waals surface area contributed by atoms with Crippen molar-refractivity contribution in [3.63, 3.8) is 0 Å². The number of carbonyl (C=O) groups is 1. The van der Waals surface area contributed by atoms with Gasteiger partial charge in [-0.15, -0.1) is 0 Å². The van der Waals surface area contributed by atoms with Gasteiger partial charge in [0.25, 0.3) is 0 Å². The molecule has 0 radical (unpaired) electrons. The third-order valence-electron chi connectivity index (χ3n) is 2.78. The molecule has 1 aromatic heterocycles. The molecule has 0 saturated carbocycles. The molecule has 0 bridgehead atoms. The number of Topliss-reactive ketones (excluding diaryl/α,β-unsaturated/α-hetero) is 1. The Labute approximate surface area is 103 Å².